The Balaban J connectivity index is 1.33. The van der Waals surface area contributed by atoms with Crippen LogP contribution in [0.4, 0.5) is 0 Å². The van der Waals surface area contributed by atoms with E-state index in [4.69, 9.17) is 9.47 Å². The number of nitrogens with one attached hydrogen (secondary N) is 1. The molecular weight excluding hydrogens is 344 g/mol. The quantitative estimate of drug-likeness (QED) is 0.882. The molecule has 0 aromatic heterocycles. The average Bonchev–Trinajstić information content (AvgIpc) is 3.10. The summed E-state index contributed by atoms with van der Waals surface area (Å²) in [4.78, 5) is 26.1. The van der Waals surface area contributed by atoms with Crippen molar-refractivity contribution in [3.63, 3.8) is 0 Å². The zero-order chi connectivity index (χ0) is 18.6. The fourth-order valence-corrected chi connectivity index (χ4v) is 3.37. The molecule has 0 radical (unpaired) electrons. The Morgan fingerprint density at radius 3 is 2.81 bits per heavy atom. The Kier molecular flexibility index (Phi) is 4.96. The first-order valence-corrected chi connectivity index (χ1v) is 9.22. The van der Waals surface area contributed by atoms with Crippen LogP contribution in [0.2, 0.25) is 0 Å². The summed E-state index contributed by atoms with van der Waals surface area (Å²) in [7, 11) is 0. The number of hydrogen-bond donors (Lipinski definition) is 1. The topological polar surface area (TPSA) is 67.9 Å². The van der Waals surface area contributed by atoms with Gasteiger partial charge >= 0.3 is 0 Å². The van der Waals surface area contributed by atoms with Gasteiger partial charge in [-0.15, -0.1) is 0 Å². The smallest absolute Gasteiger partial charge is 0.251 e. The van der Waals surface area contributed by atoms with Gasteiger partial charge in [-0.1, -0.05) is 24.3 Å². The molecule has 0 aliphatic carbocycles. The summed E-state index contributed by atoms with van der Waals surface area (Å²) in [5.74, 6) is 1.44. The number of fused-ring (bicyclic) bond motifs is 1. The van der Waals surface area contributed by atoms with E-state index in [-0.39, 0.29) is 17.9 Å². The minimum atomic E-state index is -0.228. The van der Waals surface area contributed by atoms with Crippen molar-refractivity contribution >= 4 is 11.8 Å². The average molecular weight is 366 g/mol. The van der Waals surface area contributed by atoms with Gasteiger partial charge in [0.1, 0.15) is 12.7 Å². The third kappa shape index (κ3) is 4.05. The van der Waals surface area contributed by atoms with Crippen LogP contribution in [0.25, 0.3) is 0 Å². The Morgan fingerprint density at radius 1 is 1.15 bits per heavy atom. The summed E-state index contributed by atoms with van der Waals surface area (Å²) in [5, 5.41) is 2.90. The lowest BCUT2D eigenvalue weighted by Crippen LogP contribution is -2.40. The monoisotopic (exact) mass is 366 g/mol. The summed E-state index contributed by atoms with van der Waals surface area (Å²) in [6.07, 6.45) is 1.30. The molecule has 0 unspecified atom stereocenters. The van der Waals surface area contributed by atoms with Gasteiger partial charge in [0.2, 0.25) is 5.91 Å². The van der Waals surface area contributed by atoms with Crippen LogP contribution in [-0.2, 0) is 11.3 Å². The van der Waals surface area contributed by atoms with Gasteiger partial charge in [-0.25, -0.2) is 0 Å². The van der Waals surface area contributed by atoms with Crippen molar-refractivity contribution in [3.05, 3.63) is 59.7 Å². The van der Waals surface area contributed by atoms with Gasteiger partial charge in [0.25, 0.3) is 5.91 Å². The zero-order valence-electron chi connectivity index (χ0n) is 15.0. The first-order chi connectivity index (χ1) is 13.2. The Hall–Kier alpha value is -3.02. The van der Waals surface area contributed by atoms with Crippen molar-refractivity contribution in [1.29, 1.82) is 0 Å². The third-order valence-corrected chi connectivity index (χ3v) is 4.79. The van der Waals surface area contributed by atoms with Crippen molar-refractivity contribution in [3.8, 4) is 11.5 Å². The summed E-state index contributed by atoms with van der Waals surface area (Å²) < 4.78 is 11.5. The van der Waals surface area contributed by atoms with Gasteiger partial charge in [-0.05, 0) is 36.2 Å². The summed E-state index contributed by atoms with van der Waals surface area (Å²) in [6.45, 7) is 2.10. The highest BCUT2D eigenvalue weighted by Gasteiger charge is 2.22. The second kappa shape index (κ2) is 7.70. The standard InChI is InChI=1S/C21H22N2O4/c24-20-9-4-10-23(20)13-15-5-3-6-16(11-15)21(25)22-12-17-14-26-18-7-1-2-8-19(18)27-17/h1-3,5-8,11,17H,4,9-10,12-14H2,(H,22,25)/t17-/m0/s1. The molecular formula is C21H22N2O4. The maximum absolute atomic E-state index is 12.5. The second-order valence-electron chi connectivity index (χ2n) is 6.83. The number of amides is 2. The van der Waals surface area contributed by atoms with Crippen LogP contribution in [0.15, 0.2) is 48.5 Å². The van der Waals surface area contributed by atoms with Crippen molar-refractivity contribution in [2.24, 2.45) is 0 Å². The molecule has 6 heteroatoms. The van der Waals surface area contributed by atoms with Crippen LogP contribution < -0.4 is 14.8 Å². The van der Waals surface area contributed by atoms with E-state index in [0.29, 0.717) is 37.4 Å². The number of benzene rings is 2. The normalized spacial score (nSPS) is 18.4. The molecule has 2 heterocycles. The minimum absolute atomic E-state index is 0.160. The largest absolute Gasteiger partial charge is 0.486 e. The zero-order valence-corrected chi connectivity index (χ0v) is 15.0. The van der Waals surface area contributed by atoms with E-state index >= 15 is 0 Å². The van der Waals surface area contributed by atoms with Gasteiger partial charge in [-0.3, -0.25) is 9.59 Å². The molecule has 2 aromatic rings. The van der Waals surface area contributed by atoms with Crippen LogP contribution in [0.1, 0.15) is 28.8 Å². The Bertz CT molecular complexity index is 852. The number of hydrogen-bond acceptors (Lipinski definition) is 4. The SMILES string of the molecule is O=C(NC[C@H]1COc2ccccc2O1)c1cccc(CN2CCCC2=O)c1. The number of carbonyl (C=O) groups is 2. The predicted octanol–water partition coefficient (Wildman–Crippen LogP) is 2.38. The molecule has 27 heavy (non-hydrogen) atoms. The highest BCUT2D eigenvalue weighted by molar-refractivity contribution is 5.94. The number of ether oxygens (including phenoxy) is 2. The van der Waals surface area contributed by atoms with E-state index in [0.717, 1.165) is 24.3 Å². The lowest BCUT2D eigenvalue weighted by Gasteiger charge is -2.26. The van der Waals surface area contributed by atoms with E-state index in [1.165, 1.54) is 0 Å². The molecule has 6 nitrogen and oxygen atoms in total. The summed E-state index contributed by atoms with van der Waals surface area (Å²) in [6, 6.07) is 14.9. The molecule has 1 fully saturated rings. The lowest BCUT2D eigenvalue weighted by atomic mass is 10.1. The fraction of sp³-hybridized carbons (Fsp3) is 0.333. The first-order valence-electron chi connectivity index (χ1n) is 9.22. The van der Waals surface area contributed by atoms with Crippen molar-refractivity contribution in [1.82, 2.24) is 10.2 Å². The first kappa shape index (κ1) is 17.4. The highest BCUT2D eigenvalue weighted by Crippen LogP contribution is 2.30. The molecule has 2 aromatic carbocycles. The van der Waals surface area contributed by atoms with Crippen LogP contribution in [-0.4, -0.2) is 42.5 Å². The molecule has 1 atom stereocenters. The van der Waals surface area contributed by atoms with Crippen molar-refractivity contribution < 1.29 is 19.1 Å². The second-order valence-corrected chi connectivity index (χ2v) is 6.83. The molecule has 4 rings (SSSR count). The summed E-state index contributed by atoms with van der Waals surface area (Å²) >= 11 is 0. The number of nitrogens with zero attached hydrogens (tertiary/aromatic N) is 1. The van der Waals surface area contributed by atoms with E-state index in [1.807, 2.05) is 47.4 Å². The molecule has 0 bridgehead atoms. The maximum Gasteiger partial charge on any atom is 0.251 e. The molecule has 2 aliphatic heterocycles. The number of rotatable bonds is 5. The van der Waals surface area contributed by atoms with E-state index in [1.54, 1.807) is 6.07 Å². The lowest BCUT2D eigenvalue weighted by molar-refractivity contribution is -0.128. The van der Waals surface area contributed by atoms with E-state index in [9.17, 15) is 9.59 Å². The number of likely N-dealkylation sites (tertiary alicyclic amines) is 1. The maximum atomic E-state index is 12.5. The predicted molar refractivity (Wildman–Crippen MR) is 99.8 cm³/mol. The van der Waals surface area contributed by atoms with Gasteiger partial charge in [0.15, 0.2) is 11.5 Å². The van der Waals surface area contributed by atoms with E-state index < -0.39 is 0 Å². The van der Waals surface area contributed by atoms with Gasteiger partial charge < -0.3 is 19.7 Å². The molecule has 2 aliphatic rings. The van der Waals surface area contributed by atoms with Crippen molar-refractivity contribution in [2.45, 2.75) is 25.5 Å². The molecule has 140 valence electrons. The molecule has 0 saturated carbocycles. The highest BCUT2D eigenvalue weighted by atomic mass is 16.6. The van der Waals surface area contributed by atoms with Crippen molar-refractivity contribution in [2.75, 3.05) is 19.7 Å². The summed E-state index contributed by atoms with van der Waals surface area (Å²) in [5.41, 5.74) is 1.54. The Labute approximate surface area is 158 Å². The molecule has 1 saturated heterocycles. The molecule has 0 spiro atoms. The van der Waals surface area contributed by atoms with Gasteiger partial charge in [-0.2, -0.15) is 0 Å². The van der Waals surface area contributed by atoms with Gasteiger partial charge in [0, 0.05) is 25.1 Å². The number of para-hydroxylation sites is 2. The third-order valence-electron chi connectivity index (χ3n) is 4.79. The van der Waals surface area contributed by atoms with Crippen LogP contribution >= 0.6 is 0 Å². The Morgan fingerprint density at radius 2 is 2.00 bits per heavy atom. The molecule has 2 amide bonds. The van der Waals surface area contributed by atoms with Gasteiger partial charge in [0.05, 0.1) is 6.54 Å². The van der Waals surface area contributed by atoms with Crippen LogP contribution in [0.3, 0.4) is 0 Å². The number of carbonyl (C=O) groups excluding carboxylic acids is 2. The minimum Gasteiger partial charge on any atom is -0.486 e. The van der Waals surface area contributed by atoms with Crippen LogP contribution in [0, 0.1) is 0 Å². The molecule has 1 N–H and O–H groups in total. The van der Waals surface area contributed by atoms with E-state index in [2.05, 4.69) is 5.32 Å². The fourth-order valence-electron chi connectivity index (χ4n) is 3.37. The van der Waals surface area contributed by atoms with Crippen LogP contribution in [0.5, 0.6) is 11.5 Å².